The summed E-state index contributed by atoms with van der Waals surface area (Å²) in [7, 11) is 1.45. The summed E-state index contributed by atoms with van der Waals surface area (Å²) in [5.74, 6) is 0.684. The Labute approximate surface area is 129 Å². The number of rotatable bonds is 7. The Morgan fingerprint density at radius 2 is 2.00 bits per heavy atom. The van der Waals surface area contributed by atoms with Crippen molar-refractivity contribution in [2.75, 3.05) is 20.5 Å². The number of hydrogen-bond acceptors (Lipinski definition) is 4. The topological polar surface area (TPSA) is 53.7 Å². The highest BCUT2D eigenvalue weighted by Gasteiger charge is 2.27. The third-order valence-corrected chi connectivity index (χ3v) is 2.99. The molecule has 0 fully saturated rings. The van der Waals surface area contributed by atoms with Crippen LogP contribution in [0.1, 0.15) is 12.5 Å². The molecule has 0 amide bonds. The van der Waals surface area contributed by atoms with Gasteiger partial charge in [0, 0.05) is 6.04 Å². The first-order valence-corrected chi connectivity index (χ1v) is 6.91. The van der Waals surface area contributed by atoms with Crippen molar-refractivity contribution in [3.63, 3.8) is 0 Å². The molecule has 8 heteroatoms. The molecular weight excluding hydrogens is 355 g/mol. The first kappa shape index (κ1) is 18.1. The number of nitrogens with two attached hydrogens (primary N) is 1. The van der Waals surface area contributed by atoms with Gasteiger partial charge in [0.2, 0.25) is 0 Å². The van der Waals surface area contributed by atoms with Crippen molar-refractivity contribution in [2.24, 2.45) is 5.73 Å². The van der Waals surface area contributed by atoms with E-state index in [2.05, 4.69) is 20.7 Å². The van der Waals surface area contributed by atoms with Gasteiger partial charge in [-0.25, -0.2) is 0 Å². The number of benzene rings is 1. The van der Waals surface area contributed by atoms with E-state index < -0.39 is 19.6 Å². The highest BCUT2D eigenvalue weighted by molar-refractivity contribution is 9.10. The summed E-state index contributed by atoms with van der Waals surface area (Å²) >= 11 is 3.30. The molecule has 2 N–H and O–H groups in total. The molecule has 4 nitrogen and oxygen atoms in total. The van der Waals surface area contributed by atoms with Crippen LogP contribution in [0, 0.1) is 0 Å². The Balaban J connectivity index is 2.73. The minimum absolute atomic E-state index is 0.0245. The number of halogens is 4. The van der Waals surface area contributed by atoms with E-state index in [0.29, 0.717) is 16.6 Å². The highest BCUT2D eigenvalue weighted by Crippen LogP contribution is 2.37. The quantitative estimate of drug-likeness (QED) is 0.590. The first-order chi connectivity index (χ1) is 9.73. The predicted molar refractivity (Wildman–Crippen MR) is 75.5 cm³/mol. The molecule has 0 bridgehead atoms. The molecule has 0 spiro atoms. The van der Waals surface area contributed by atoms with Crippen LogP contribution in [-0.4, -0.2) is 32.7 Å². The lowest BCUT2D eigenvalue weighted by atomic mass is 10.1. The van der Waals surface area contributed by atoms with Gasteiger partial charge in [-0.15, -0.1) is 0 Å². The lowest BCUT2D eigenvalue weighted by Crippen LogP contribution is -2.19. The van der Waals surface area contributed by atoms with Crippen molar-refractivity contribution in [1.29, 1.82) is 0 Å². The molecule has 1 rings (SSSR count). The predicted octanol–water partition coefficient (Wildman–Crippen LogP) is 3.26. The molecular formula is C13H17BrF3NO3. The maximum Gasteiger partial charge on any atom is 0.411 e. The van der Waals surface area contributed by atoms with Gasteiger partial charge in [-0.05, 0) is 47.0 Å². The zero-order chi connectivity index (χ0) is 16.0. The minimum Gasteiger partial charge on any atom is -0.493 e. The lowest BCUT2D eigenvalue weighted by molar-refractivity contribution is -0.186. The van der Waals surface area contributed by atoms with Gasteiger partial charge >= 0.3 is 6.18 Å². The van der Waals surface area contributed by atoms with Gasteiger partial charge in [0.15, 0.2) is 18.3 Å². The number of methoxy groups -OCH3 is 1. The van der Waals surface area contributed by atoms with Crippen LogP contribution in [0.3, 0.4) is 0 Å². The fourth-order valence-corrected chi connectivity index (χ4v) is 2.26. The Morgan fingerprint density at radius 3 is 2.52 bits per heavy atom. The molecule has 1 aromatic carbocycles. The average Bonchev–Trinajstić information content (AvgIpc) is 2.33. The molecule has 1 unspecified atom stereocenters. The summed E-state index contributed by atoms with van der Waals surface area (Å²) in [6.07, 6.45) is -3.74. The normalized spacial score (nSPS) is 13.1. The Hall–Kier alpha value is -0.990. The molecule has 0 aliphatic carbocycles. The van der Waals surface area contributed by atoms with Crippen LogP contribution in [0.15, 0.2) is 16.6 Å². The third-order valence-electron chi connectivity index (χ3n) is 2.40. The van der Waals surface area contributed by atoms with Gasteiger partial charge in [-0.2, -0.15) is 13.2 Å². The van der Waals surface area contributed by atoms with Gasteiger partial charge < -0.3 is 19.9 Å². The lowest BCUT2D eigenvalue weighted by Gasteiger charge is -2.15. The summed E-state index contributed by atoms with van der Waals surface area (Å²) in [5, 5.41) is 0. The Bertz CT molecular complexity index is 467. The van der Waals surface area contributed by atoms with Gasteiger partial charge in [-0.3, -0.25) is 0 Å². The number of hydrogen-bond donors (Lipinski definition) is 1. The van der Waals surface area contributed by atoms with E-state index >= 15 is 0 Å². The van der Waals surface area contributed by atoms with Crippen molar-refractivity contribution in [1.82, 2.24) is 0 Å². The molecule has 21 heavy (non-hydrogen) atoms. The summed E-state index contributed by atoms with van der Waals surface area (Å²) < 4.78 is 51.2. The standard InChI is InChI=1S/C13H17BrF3NO3/c1-8(18)3-9-4-10(14)12(11(5-9)19-2)21-7-20-6-13(15,16)17/h4-5,8H,3,6-7,18H2,1-2H3. The maximum absolute atomic E-state index is 12.0. The highest BCUT2D eigenvalue weighted by atomic mass is 79.9. The van der Waals surface area contributed by atoms with E-state index in [1.807, 2.05) is 6.92 Å². The zero-order valence-corrected chi connectivity index (χ0v) is 13.3. The van der Waals surface area contributed by atoms with E-state index in [9.17, 15) is 13.2 Å². The molecule has 1 aromatic rings. The fourth-order valence-electron chi connectivity index (χ4n) is 1.66. The molecule has 0 radical (unpaired) electrons. The van der Waals surface area contributed by atoms with E-state index in [0.717, 1.165) is 5.56 Å². The van der Waals surface area contributed by atoms with Crippen molar-refractivity contribution < 1.29 is 27.4 Å². The second-order valence-corrected chi connectivity index (χ2v) is 5.37. The third kappa shape index (κ3) is 6.54. The van der Waals surface area contributed by atoms with Crippen molar-refractivity contribution >= 4 is 15.9 Å². The molecule has 0 aliphatic heterocycles. The van der Waals surface area contributed by atoms with Crippen LogP contribution in [-0.2, 0) is 11.2 Å². The summed E-state index contributed by atoms with van der Waals surface area (Å²) in [6.45, 7) is -0.0212. The summed E-state index contributed by atoms with van der Waals surface area (Å²) in [4.78, 5) is 0. The first-order valence-electron chi connectivity index (χ1n) is 6.12. The monoisotopic (exact) mass is 371 g/mol. The molecule has 1 atom stereocenters. The largest absolute Gasteiger partial charge is 0.493 e. The van der Waals surface area contributed by atoms with Crippen molar-refractivity contribution in [3.05, 3.63) is 22.2 Å². The van der Waals surface area contributed by atoms with Gasteiger partial charge in [0.1, 0.15) is 6.61 Å². The zero-order valence-electron chi connectivity index (χ0n) is 11.7. The second kappa shape index (κ2) is 7.86. The maximum atomic E-state index is 12.0. The van der Waals surface area contributed by atoms with Crippen LogP contribution in [0.5, 0.6) is 11.5 Å². The molecule has 120 valence electrons. The van der Waals surface area contributed by atoms with E-state index in [1.165, 1.54) is 7.11 Å². The Morgan fingerprint density at radius 1 is 1.33 bits per heavy atom. The number of alkyl halides is 3. The summed E-state index contributed by atoms with van der Waals surface area (Å²) in [6, 6.07) is 3.49. The van der Waals surface area contributed by atoms with Crippen LogP contribution in [0.2, 0.25) is 0 Å². The van der Waals surface area contributed by atoms with Gasteiger partial charge in [-0.1, -0.05) is 0 Å². The molecule has 0 heterocycles. The average molecular weight is 372 g/mol. The second-order valence-electron chi connectivity index (χ2n) is 4.52. The summed E-state index contributed by atoms with van der Waals surface area (Å²) in [5.41, 5.74) is 6.66. The smallest absolute Gasteiger partial charge is 0.411 e. The molecule has 0 saturated carbocycles. The van der Waals surface area contributed by atoms with Crippen molar-refractivity contribution in [3.8, 4) is 11.5 Å². The van der Waals surface area contributed by atoms with Crippen molar-refractivity contribution in [2.45, 2.75) is 25.6 Å². The van der Waals surface area contributed by atoms with Crippen LogP contribution in [0.4, 0.5) is 13.2 Å². The minimum atomic E-state index is -4.38. The Kier molecular flexibility index (Phi) is 6.76. The fraction of sp³-hybridized carbons (Fsp3) is 0.538. The van der Waals surface area contributed by atoms with E-state index in [4.69, 9.17) is 15.2 Å². The van der Waals surface area contributed by atoms with Gasteiger partial charge in [0.05, 0.1) is 11.6 Å². The van der Waals surface area contributed by atoms with E-state index in [-0.39, 0.29) is 11.8 Å². The SMILES string of the molecule is COc1cc(CC(C)N)cc(Br)c1OCOCC(F)(F)F. The van der Waals surface area contributed by atoms with Crippen LogP contribution in [0.25, 0.3) is 0 Å². The molecule has 0 aliphatic rings. The van der Waals surface area contributed by atoms with E-state index in [1.54, 1.807) is 12.1 Å². The van der Waals surface area contributed by atoms with Gasteiger partial charge in [0.25, 0.3) is 0 Å². The molecule has 0 saturated heterocycles. The molecule has 0 aromatic heterocycles. The van der Waals surface area contributed by atoms with Crippen LogP contribution < -0.4 is 15.2 Å². The van der Waals surface area contributed by atoms with Crippen LogP contribution >= 0.6 is 15.9 Å². The number of ether oxygens (including phenoxy) is 3.